The van der Waals surface area contributed by atoms with Crippen LogP contribution >= 0.6 is 0 Å². The van der Waals surface area contributed by atoms with Crippen LogP contribution in [0, 0.1) is 5.92 Å². The number of rotatable bonds is 9. The van der Waals surface area contributed by atoms with Crippen molar-refractivity contribution in [2.24, 2.45) is 5.92 Å². The first kappa shape index (κ1) is 24.9. The molecule has 1 N–H and O–H groups in total. The third-order valence-electron chi connectivity index (χ3n) is 7.25. The number of benzene rings is 2. The van der Waals surface area contributed by atoms with Gasteiger partial charge in [-0.2, -0.15) is 0 Å². The van der Waals surface area contributed by atoms with Gasteiger partial charge in [-0.15, -0.1) is 0 Å². The summed E-state index contributed by atoms with van der Waals surface area (Å²) in [7, 11) is 1.87. The molecule has 6 heteroatoms. The Bertz CT molecular complexity index is 1330. The second kappa shape index (κ2) is 12.0. The van der Waals surface area contributed by atoms with Crippen LogP contribution in [-0.2, 0) is 4.79 Å². The molecule has 1 aliphatic rings. The van der Waals surface area contributed by atoms with Gasteiger partial charge in [0.15, 0.2) is 11.6 Å². The number of ether oxygens (including phenoxy) is 1. The molecule has 4 aromatic rings. The van der Waals surface area contributed by atoms with Crippen LogP contribution in [0.15, 0.2) is 67.0 Å². The molecule has 5 rings (SSSR count). The van der Waals surface area contributed by atoms with E-state index in [2.05, 4.69) is 22.4 Å². The summed E-state index contributed by atoms with van der Waals surface area (Å²) in [5.74, 6) is 3.03. The lowest BCUT2D eigenvalue weighted by molar-refractivity contribution is -0.121. The topological polar surface area (TPSA) is 77.0 Å². The predicted molar refractivity (Wildman–Crippen MR) is 149 cm³/mol. The number of carbonyl (C=O) groups excluding carboxylic acids is 1. The summed E-state index contributed by atoms with van der Waals surface area (Å²) in [5, 5.41) is 4.16. The zero-order valence-electron chi connectivity index (χ0n) is 21.5. The standard InChI is InChI=1S/C31H34N4O2/c1-32-31-28-19-24(13-17-29(28)34-30(35-31)25-9-6-18-33-20-25)23-11-15-27(16-12-23)37-21-26(36)14-10-22-7-4-2-3-5-8-22/h6,9,11-13,15-20,22H,2-5,7-8,10,14,21H2,1H3,(H,32,34,35). The van der Waals surface area contributed by atoms with E-state index >= 15 is 0 Å². The third kappa shape index (κ3) is 6.31. The summed E-state index contributed by atoms with van der Waals surface area (Å²) in [5.41, 5.74) is 3.87. The van der Waals surface area contributed by atoms with Crippen molar-refractivity contribution in [3.8, 4) is 28.3 Å². The van der Waals surface area contributed by atoms with Crippen molar-refractivity contribution < 1.29 is 9.53 Å². The van der Waals surface area contributed by atoms with Crippen LogP contribution in [0.2, 0.25) is 0 Å². The number of ketones is 1. The molecule has 0 aliphatic heterocycles. The number of hydrogen-bond donors (Lipinski definition) is 1. The van der Waals surface area contributed by atoms with Crippen molar-refractivity contribution in [3.63, 3.8) is 0 Å². The summed E-state index contributed by atoms with van der Waals surface area (Å²) in [6, 6.07) is 17.9. The van der Waals surface area contributed by atoms with E-state index in [1.165, 1.54) is 38.5 Å². The maximum absolute atomic E-state index is 12.4. The van der Waals surface area contributed by atoms with Gasteiger partial charge in [-0.25, -0.2) is 9.97 Å². The van der Waals surface area contributed by atoms with Crippen LogP contribution in [0.3, 0.4) is 0 Å². The van der Waals surface area contributed by atoms with Crippen molar-refractivity contribution in [1.82, 2.24) is 15.0 Å². The highest BCUT2D eigenvalue weighted by molar-refractivity contribution is 5.93. The molecule has 6 nitrogen and oxygen atoms in total. The highest BCUT2D eigenvalue weighted by atomic mass is 16.5. The van der Waals surface area contributed by atoms with E-state index in [4.69, 9.17) is 14.7 Å². The van der Waals surface area contributed by atoms with Gasteiger partial charge in [0.05, 0.1) is 5.52 Å². The quantitative estimate of drug-likeness (QED) is 0.250. The van der Waals surface area contributed by atoms with Crippen molar-refractivity contribution in [1.29, 1.82) is 0 Å². The van der Waals surface area contributed by atoms with Gasteiger partial charge in [0.25, 0.3) is 0 Å². The molecular formula is C31H34N4O2. The van der Waals surface area contributed by atoms with Gasteiger partial charge in [-0.3, -0.25) is 9.78 Å². The average Bonchev–Trinajstić information content (AvgIpc) is 3.24. The van der Waals surface area contributed by atoms with Crippen LogP contribution in [0.5, 0.6) is 5.75 Å². The Morgan fingerprint density at radius 2 is 1.73 bits per heavy atom. The fraction of sp³-hybridized carbons (Fsp3) is 0.355. The van der Waals surface area contributed by atoms with Gasteiger partial charge in [0, 0.05) is 36.8 Å². The third-order valence-corrected chi connectivity index (χ3v) is 7.25. The lowest BCUT2D eigenvalue weighted by Gasteiger charge is -2.13. The molecule has 0 unspecified atom stereocenters. The Hall–Kier alpha value is -3.80. The minimum atomic E-state index is 0.143. The number of hydrogen-bond acceptors (Lipinski definition) is 6. The van der Waals surface area contributed by atoms with E-state index in [0.29, 0.717) is 23.9 Å². The van der Waals surface area contributed by atoms with Crippen LogP contribution in [0.25, 0.3) is 33.4 Å². The lowest BCUT2D eigenvalue weighted by atomic mass is 9.94. The molecular weight excluding hydrogens is 460 g/mol. The maximum atomic E-state index is 12.4. The minimum Gasteiger partial charge on any atom is -0.486 e. The molecule has 0 radical (unpaired) electrons. The van der Waals surface area contributed by atoms with Gasteiger partial charge >= 0.3 is 0 Å². The van der Waals surface area contributed by atoms with Gasteiger partial charge < -0.3 is 10.1 Å². The van der Waals surface area contributed by atoms with Crippen molar-refractivity contribution in [2.45, 2.75) is 51.4 Å². The minimum absolute atomic E-state index is 0.143. The smallest absolute Gasteiger partial charge is 0.170 e. The molecule has 0 atom stereocenters. The van der Waals surface area contributed by atoms with Crippen LogP contribution in [0.1, 0.15) is 51.4 Å². The first-order valence-electron chi connectivity index (χ1n) is 13.3. The summed E-state index contributed by atoms with van der Waals surface area (Å²) in [6.45, 7) is 0.143. The van der Waals surface area contributed by atoms with Gasteiger partial charge in [0.1, 0.15) is 18.2 Å². The molecule has 0 bridgehead atoms. The molecule has 2 aromatic carbocycles. The summed E-state index contributed by atoms with van der Waals surface area (Å²) < 4.78 is 5.80. The lowest BCUT2D eigenvalue weighted by Crippen LogP contribution is -2.13. The Morgan fingerprint density at radius 1 is 0.946 bits per heavy atom. The monoisotopic (exact) mass is 494 g/mol. The fourth-order valence-electron chi connectivity index (χ4n) is 5.12. The normalized spacial score (nSPS) is 14.3. The van der Waals surface area contributed by atoms with E-state index in [1.807, 2.05) is 49.5 Å². The van der Waals surface area contributed by atoms with Crippen LogP contribution < -0.4 is 10.1 Å². The Labute approximate surface area is 218 Å². The van der Waals surface area contributed by atoms with E-state index in [0.717, 1.165) is 39.8 Å². The molecule has 1 fully saturated rings. The highest BCUT2D eigenvalue weighted by Crippen LogP contribution is 2.30. The Kier molecular flexibility index (Phi) is 8.04. The summed E-state index contributed by atoms with van der Waals surface area (Å²) in [4.78, 5) is 26.0. The van der Waals surface area contributed by atoms with Gasteiger partial charge in [-0.05, 0) is 59.9 Å². The number of nitrogens with one attached hydrogen (secondary N) is 1. The fourth-order valence-corrected chi connectivity index (χ4v) is 5.12. The first-order chi connectivity index (χ1) is 18.2. The zero-order valence-corrected chi connectivity index (χ0v) is 21.5. The molecule has 190 valence electrons. The first-order valence-corrected chi connectivity index (χ1v) is 13.3. The summed E-state index contributed by atoms with van der Waals surface area (Å²) >= 11 is 0. The maximum Gasteiger partial charge on any atom is 0.170 e. The Morgan fingerprint density at radius 3 is 2.46 bits per heavy atom. The predicted octanol–water partition coefficient (Wildman–Crippen LogP) is 7.10. The molecule has 0 saturated heterocycles. The number of anilines is 1. The van der Waals surface area contributed by atoms with Gasteiger partial charge in [-0.1, -0.05) is 56.7 Å². The van der Waals surface area contributed by atoms with E-state index in [-0.39, 0.29) is 12.4 Å². The summed E-state index contributed by atoms with van der Waals surface area (Å²) in [6.07, 6.45) is 13.0. The zero-order chi connectivity index (χ0) is 25.5. The van der Waals surface area contributed by atoms with Crippen molar-refractivity contribution in [2.75, 3.05) is 19.0 Å². The van der Waals surface area contributed by atoms with Crippen molar-refractivity contribution in [3.05, 3.63) is 67.0 Å². The van der Waals surface area contributed by atoms with Crippen LogP contribution in [-0.4, -0.2) is 34.4 Å². The van der Waals surface area contributed by atoms with E-state index in [1.54, 1.807) is 12.4 Å². The largest absolute Gasteiger partial charge is 0.486 e. The molecule has 37 heavy (non-hydrogen) atoms. The molecule has 2 heterocycles. The molecule has 0 spiro atoms. The SMILES string of the molecule is CNc1nc(-c2cccnc2)nc2ccc(-c3ccc(OCC(=O)CCC4CCCCCC4)cc3)cc12. The number of nitrogens with zero attached hydrogens (tertiary/aromatic N) is 3. The number of aromatic nitrogens is 3. The molecule has 2 aromatic heterocycles. The number of carbonyl (C=O) groups is 1. The molecule has 1 aliphatic carbocycles. The second-order valence-electron chi connectivity index (χ2n) is 9.87. The number of Topliss-reactive ketones (excluding diaryl/α,β-unsaturated/α-hetero) is 1. The highest BCUT2D eigenvalue weighted by Gasteiger charge is 2.15. The van der Waals surface area contributed by atoms with E-state index < -0.39 is 0 Å². The van der Waals surface area contributed by atoms with E-state index in [9.17, 15) is 4.79 Å². The Balaban J connectivity index is 1.23. The molecule has 0 amide bonds. The average molecular weight is 495 g/mol. The van der Waals surface area contributed by atoms with Gasteiger partial charge in [0.2, 0.25) is 0 Å². The van der Waals surface area contributed by atoms with Crippen LogP contribution in [0.4, 0.5) is 5.82 Å². The molecule has 1 saturated carbocycles. The second-order valence-corrected chi connectivity index (χ2v) is 9.87. The number of fused-ring (bicyclic) bond motifs is 1. The van der Waals surface area contributed by atoms with Crippen molar-refractivity contribution >= 4 is 22.5 Å². The number of pyridine rings is 1.